The maximum Gasteiger partial charge on any atom is 0.318 e. The van der Waals surface area contributed by atoms with E-state index in [4.69, 9.17) is 26.3 Å². The zero-order valence-electron chi connectivity index (χ0n) is 27.0. The molecule has 11 heteroatoms. The van der Waals surface area contributed by atoms with Gasteiger partial charge in [-0.25, -0.2) is 0 Å². The number of halogens is 1. The maximum atomic E-state index is 13.5. The number of rotatable bonds is 8. The predicted octanol–water partition coefficient (Wildman–Crippen LogP) is 4.25. The lowest BCUT2D eigenvalue weighted by atomic mass is 10.0. The highest BCUT2D eigenvalue weighted by Crippen LogP contribution is 2.37. The van der Waals surface area contributed by atoms with Gasteiger partial charge in [0.05, 0.1) is 35.8 Å². The van der Waals surface area contributed by atoms with Crippen LogP contribution in [0.15, 0.2) is 36.4 Å². The highest BCUT2D eigenvalue weighted by atomic mass is 35.5. The van der Waals surface area contributed by atoms with E-state index >= 15 is 0 Å². The number of likely N-dealkylation sites (N-methyl/N-ethyl adjacent to an activating group) is 1. The SMILES string of the molecule is CC(C)[C@@H]1N[C@@H]1C(=O)N1CCN(c2nc(OC[C@@H]3CCCN3C)nc3c2CCN(c2cccc4cccc(Cl)c24)C3)C[C@@H]1CC#N. The molecule has 3 aromatic rings. The highest BCUT2D eigenvalue weighted by molar-refractivity contribution is 6.36. The van der Waals surface area contributed by atoms with Crippen molar-refractivity contribution in [3.63, 3.8) is 0 Å². The second-order valence-corrected chi connectivity index (χ2v) is 13.9. The van der Waals surface area contributed by atoms with E-state index in [2.05, 4.69) is 71.2 Å². The van der Waals surface area contributed by atoms with Crippen LogP contribution in [0.3, 0.4) is 0 Å². The molecule has 0 radical (unpaired) electrons. The number of amides is 1. The van der Waals surface area contributed by atoms with Crippen molar-refractivity contribution >= 4 is 39.8 Å². The first-order chi connectivity index (χ1) is 22.3. The number of fused-ring (bicyclic) bond motifs is 2. The fraction of sp³-hybridized carbons (Fsp3) is 0.543. The second kappa shape index (κ2) is 12.9. The molecule has 4 atom stereocenters. The molecule has 1 amide bonds. The van der Waals surface area contributed by atoms with E-state index in [0.717, 1.165) is 64.5 Å². The van der Waals surface area contributed by atoms with Crippen LogP contribution in [0, 0.1) is 17.2 Å². The number of carbonyl (C=O) groups is 1. The third kappa shape index (κ3) is 5.96. The summed E-state index contributed by atoms with van der Waals surface area (Å²) in [5, 5.41) is 16.0. The van der Waals surface area contributed by atoms with Crippen LogP contribution in [0.25, 0.3) is 10.8 Å². The van der Waals surface area contributed by atoms with Gasteiger partial charge < -0.3 is 24.3 Å². The summed E-state index contributed by atoms with van der Waals surface area (Å²) in [6.45, 7) is 9.04. The number of anilines is 2. The van der Waals surface area contributed by atoms with Gasteiger partial charge in [-0.05, 0) is 56.3 Å². The summed E-state index contributed by atoms with van der Waals surface area (Å²) in [5.41, 5.74) is 3.16. The fourth-order valence-corrected chi connectivity index (χ4v) is 7.85. The summed E-state index contributed by atoms with van der Waals surface area (Å²) < 4.78 is 6.34. The van der Waals surface area contributed by atoms with E-state index < -0.39 is 0 Å². The first-order valence-electron chi connectivity index (χ1n) is 16.7. The van der Waals surface area contributed by atoms with E-state index in [1.807, 2.05) is 17.0 Å². The molecule has 3 saturated heterocycles. The molecule has 5 heterocycles. The number of hydrogen-bond acceptors (Lipinski definition) is 9. The molecule has 1 N–H and O–H groups in total. The van der Waals surface area contributed by atoms with Crippen LogP contribution in [0.4, 0.5) is 11.5 Å². The van der Waals surface area contributed by atoms with Crippen molar-refractivity contribution in [1.82, 2.24) is 25.1 Å². The number of piperazine rings is 1. The third-order valence-electron chi connectivity index (χ3n) is 10.3. The number of nitrogens with zero attached hydrogens (tertiary/aromatic N) is 7. The largest absolute Gasteiger partial charge is 0.462 e. The number of carbonyl (C=O) groups excluding carboxylic acids is 1. The second-order valence-electron chi connectivity index (χ2n) is 13.5. The van der Waals surface area contributed by atoms with Crippen LogP contribution in [0.2, 0.25) is 5.02 Å². The summed E-state index contributed by atoms with van der Waals surface area (Å²) in [7, 11) is 2.14. The zero-order valence-corrected chi connectivity index (χ0v) is 27.7. The molecule has 10 nitrogen and oxygen atoms in total. The fourth-order valence-electron chi connectivity index (χ4n) is 7.57. The van der Waals surface area contributed by atoms with Gasteiger partial charge in [0.25, 0.3) is 0 Å². The van der Waals surface area contributed by atoms with Gasteiger partial charge in [-0.3, -0.25) is 10.1 Å². The van der Waals surface area contributed by atoms with Crippen molar-refractivity contribution in [2.24, 2.45) is 5.92 Å². The molecule has 0 bridgehead atoms. The monoisotopic (exact) mass is 642 g/mol. The molecule has 0 spiro atoms. The van der Waals surface area contributed by atoms with E-state index in [9.17, 15) is 10.1 Å². The van der Waals surface area contributed by atoms with E-state index in [-0.39, 0.29) is 30.5 Å². The summed E-state index contributed by atoms with van der Waals surface area (Å²) in [5.74, 6) is 1.37. The molecular weight excluding hydrogens is 600 g/mol. The average Bonchev–Trinajstić information content (AvgIpc) is 3.77. The van der Waals surface area contributed by atoms with Gasteiger partial charge >= 0.3 is 6.01 Å². The molecule has 7 rings (SSSR count). The Hall–Kier alpha value is -3.65. The highest BCUT2D eigenvalue weighted by Gasteiger charge is 2.48. The Morgan fingerprint density at radius 3 is 2.67 bits per heavy atom. The van der Waals surface area contributed by atoms with Gasteiger partial charge in [-0.15, -0.1) is 0 Å². The standard InChI is InChI=1S/C35H43ClN8O2/c1-22(2)31-32(39-31)34(45)44-18-17-43(19-24(44)12-14-37)33-26-13-16-42(29-11-5-8-23-7-4-10-27(36)30(23)29)20-28(26)38-35(40-33)46-21-25-9-6-15-41(25)3/h4-5,7-8,10-11,22,24-25,31-32,39H,6,9,12-13,15-21H2,1-3H3/t24-,25-,31-,32-/m0/s1. The third-order valence-corrected chi connectivity index (χ3v) is 10.6. The van der Waals surface area contributed by atoms with Crippen LogP contribution in [0.5, 0.6) is 6.01 Å². The van der Waals surface area contributed by atoms with Crippen LogP contribution in [-0.4, -0.2) is 96.2 Å². The smallest absolute Gasteiger partial charge is 0.318 e. The average molecular weight is 643 g/mol. The summed E-state index contributed by atoms with van der Waals surface area (Å²) in [4.78, 5) is 32.4. The van der Waals surface area contributed by atoms with Gasteiger partial charge in [0, 0.05) is 54.9 Å². The summed E-state index contributed by atoms with van der Waals surface area (Å²) >= 11 is 6.73. The number of nitriles is 1. The topological polar surface area (TPSA) is 111 Å². The van der Waals surface area contributed by atoms with Crippen LogP contribution >= 0.6 is 11.6 Å². The minimum Gasteiger partial charge on any atom is -0.462 e. The van der Waals surface area contributed by atoms with E-state index in [1.54, 1.807) is 0 Å². The van der Waals surface area contributed by atoms with E-state index in [0.29, 0.717) is 50.8 Å². The number of benzene rings is 2. The molecule has 0 unspecified atom stereocenters. The van der Waals surface area contributed by atoms with E-state index in [1.165, 1.54) is 6.42 Å². The summed E-state index contributed by atoms with van der Waals surface area (Å²) in [6.07, 6.45) is 3.31. The molecule has 0 saturated carbocycles. The minimum atomic E-state index is -0.207. The zero-order chi connectivity index (χ0) is 31.9. The van der Waals surface area contributed by atoms with Crippen molar-refractivity contribution in [1.29, 1.82) is 5.26 Å². The lowest BCUT2D eigenvalue weighted by Crippen LogP contribution is -2.57. The maximum absolute atomic E-state index is 13.5. The van der Waals surface area contributed by atoms with Gasteiger partial charge in [0.1, 0.15) is 18.5 Å². The van der Waals surface area contributed by atoms with Gasteiger partial charge in [-0.1, -0.05) is 49.7 Å². The molecular formula is C35H43ClN8O2. The molecule has 46 heavy (non-hydrogen) atoms. The Balaban J connectivity index is 1.18. The Morgan fingerprint density at radius 1 is 1.11 bits per heavy atom. The molecule has 0 aliphatic carbocycles. The number of likely N-dealkylation sites (tertiary alicyclic amines) is 1. The van der Waals surface area contributed by atoms with Crippen LogP contribution in [-0.2, 0) is 17.8 Å². The van der Waals surface area contributed by atoms with Crippen molar-refractivity contribution in [2.45, 2.75) is 70.2 Å². The Labute approximate surface area is 276 Å². The normalized spacial score (nSPS) is 24.7. The van der Waals surface area contributed by atoms with Crippen LogP contribution < -0.4 is 19.9 Å². The van der Waals surface area contributed by atoms with Gasteiger partial charge in [0.15, 0.2) is 0 Å². The molecule has 2 aromatic carbocycles. The first kappa shape index (κ1) is 31.0. The number of nitrogens with one attached hydrogen (secondary N) is 1. The van der Waals surface area contributed by atoms with Crippen molar-refractivity contribution < 1.29 is 9.53 Å². The van der Waals surface area contributed by atoms with Crippen LogP contribution in [0.1, 0.15) is 44.4 Å². The molecule has 242 valence electrons. The number of hydrogen-bond donors (Lipinski definition) is 1. The van der Waals surface area contributed by atoms with Gasteiger partial charge in [-0.2, -0.15) is 15.2 Å². The Bertz CT molecular complexity index is 1650. The molecule has 3 fully saturated rings. The van der Waals surface area contributed by atoms with Crippen molar-refractivity contribution in [3.8, 4) is 12.1 Å². The minimum absolute atomic E-state index is 0.109. The molecule has 4 aliphatic heterocycles. The lowest BCUT2D eigenvalue weighted by molar-refractivity contribution is -0.133. The van der Waals surface area contributed by atoms with Crippen molar-refractivity contribution in [3.05, 3.63) is 52.7 Å². The molecule has 4 aliphatic rings. The Kier molecular flexibility index (Phi) is 8.66. The number of ether oxygens (including phenoxy) is 1. The van der Waals surface area contributed by atoms with Crippen molar-refractivity contribution in [2.75, 3.05) is 56.2 Å². The first-order valence-corrected chi connectivity index (χ1v) is 17.0. The predicted molar refractivity (Wildman–Crippen MR) is 180 cm³/mol. The van der Waals surface area contributed by atoms with Gasteiger partial charge in [0.2, 0.25) is 5.91 Å². The Morgan fingerprint density at radius 2 is 1.93 bits per heavy atom. The lowest BCUT2D eigenvalue weighted by Gasteiger charge is -2.42. The quantitative estimate of drug-likeness (QED) is 0.361. The summed E-state index contributed by atoms with van der Waals surface area (Å²) in [6, 6.07) is 15.3. The molecule has 1 aromatic heterocycles. The number of aromatic nitrogens is 2.